The third-order valence-electron chi connectivity index (χ3n) is 3.01. The van der Waals surface area contributed by atoms with Crippen molar-refractivity contribution >= 4 is 40.7 Å². The second kappa shape index (κ2) is 8.50. The molecule has 1 aromatic carbocycles. The van der Waals surface area contributed by atoms with Gasteiger partial charge in [0, 0.05) is 12.6 Å². The van der Waals surface area contributed by atoms with Gasteiger partial charge in [-0.25, -0.2) is 0 Å². The Balaban J connectivity index is 2.56. The Morgan fingerprint density at radius 1 is 1.22 bits per heavy atom. The van der Waals surface area contributed by atoms with Crippen molar-refractivity contribution in [1.82, 2.24) is 5.32 Å². The molecule has 23 heavy (non-hydrogen) atoms. The summed E-state index contributed by atoms with van der Waals surface area (Å²) in [5, 5.41) is 7.92. The van der Waals surface area contributed by atoms with Gasteiger partial charge in [-0.2, -0.15) is 0 Å². The molecule has 0 unspecified atom stereocenters. The minimum atomic E-state index is -0.658. The first-order valence-electron chi connectivity index (χ1n) is 7.11. The lowest BCUT2D eigenvalue weighted by atomic mass is 10.1. The number of amides is 3. The third-order valence-corrected chi connectivity index (χ3v) is 3.32. The van der Waals surface area contributed by atoms with Crippen molar-refractivity contribution in [1.29, 1.82) is 0 Å². The third kappa shape index (κ3) is 6.25. The molecule has 0 radical (unpaired) electrons. The molecule has 0 bridgehead atoms. The van der Waals surface area contributed by atoms with E-state index in [-0.39, 0.29) is 24.3 Å². The first-order valence-corrected chi connectivity index (χ1v) is 7.48. The molecule has 1 aromatic rings. The summed E-state index contributed by atoms with van der Waals surface area (Å²) in [6, 6.07) is 4.02. The molecule has 5 N–H and O–H groups in total. The van der Waals surface area contributed by atoms with Crippen LogP contribution in [0.4, 0.5) is 11.4 Å². The van der Waals surface area contributed by atoms with Crippen LogP contribution >= 0.6 is 11.6 Å². The van der Waals surface area contributed by atoms with Crippen molar-refractivity contribution in [2.75, 3.05) is 17.2 Å². The van der Waals surface area contributed by atoms with E-state index in [0.717, 1.165) is 0 Å². The van der Waals surface area contributed by atoms with E-state index in [1.54, 1.807) is 12.1 Å². The number of benzene rings is 1. The summed E-state index contributed by atoms with van der Waals surface area (Å²) in [4.78, 5) is 34.5. The maximum atomic E-state index is 11.8. The van der Waals surface area contributed by atoms with Crippen molar-refractivity contribution < 1.29 is 14.4 Å². The minimum Gasteiger partial charge on any atom is -0.346 e. The fraction of sp³-hybridized carbons (Fsp3) is 0.400. The van der Waals surface area contributed by atoms with Gasteiger partial charge in [0.05, 0.1) is 23.3 Å². The minimum absolute atomic E-state index is 0.0156. The van der Waals surface area contributed by atoms with E-state index >= 15 is 0 Å². The summed E-state index contributed by atoms with van der Waals surface area (Å²) in [6.07, 6.45) is 0. The highest BCUT2D eigenvalue weighted by Crippen LogP contribution is 2.25. The van der Waals surface area contributed by atoms with Gasteiger partial charge in [-0.05, 0) is 24.1 Å². The first kappa shape index (κ1) is 18.9. The summed E-state index contributed by atoms with van der Waals surface area (Å²) in [7, 11) is 0. The van der Waals surface area contributed by atoms with E-state index < -0.39 is 11.9 Å². The van der Waals surface area contributed by atoms with Gasteiger partial charge in [0.1, 0.15) is 0 Å². The summed E-state index contributed by atoms with van der Waals surface area (Å²) in [5.74, 6) is -1.04. The van der Waals surface area contributed by atoms with E-state index in [0.29, 0.717) is 16.4 Å². The van der Waals surface area contributed by atoms with Gasteiger partial charge in [0.15, 0.2) is 0 Å². The van der Waals surface area contributed by atoms with Crippen LogP contribution in [0.5, 0.6) is 0 Å². The molecule has 0 fully saturated rings. The van der Waals surface area contributed by atoms with E-state index in [1.807, 2.05) is 13.8 Å². The average molecular weight is 341 g/mol. The number of nitrogens with two attached hydrogens (primary N) is 1. The highest BCUT2D eigenvalue weighted by Gasteiger charge is 2.17. The summed E-state index contributed by atoms with van der Waals surface area (Å²) in [5.41, 5.74) is 6.59. The Bertz CT molecular complexity index is 604. The largest absolute Gasteiger partial charge is 0.346 e. The molecule has 0 saturated heterocycles. The molecule has 126 valence electrons. The Hall–Kier alpha value is -2.12. The van der Waals surface area contributed by atoms with E-state index in [4.69, 9.17) is 17.3 Å². The molecule has 0 aliphatic carbocycles. The number of carbonyl (C=O) groups excluding carboxylic acids is 3. The fourth-order valence-electron chi connectivity index (χ4n) is 1.68. The number of rotatable bonds is 6. The molecule has 0 aromatic heterocycles. The van der Waals surface area contributed by atoms with E-state index in [1.165, 1.54) is 13.0 Å². The van der Waals surface area contributed by atoms with Gasteiger partial charge < -0.3 is 21.7 Å². The smallest absolute Gasteiger partial charge is 0.243 e. The van der Waals surface area contributed by atoms with Gasteiger partial charge in [-0.3, -0.25) is 14.4 Å². The molecule has 1 rings (SSSR count). The van der Waals surface area contributed by atoms with E-state index in [9.17, 15) is 14.4 Å². The van der Waals surface area contributed by atoms with E-state index in [2.05, 4.69) is 16.0 Å². The topological polar surface area (TPSA) is 113 Å². The molecule has 3 amide bonds. The van der Waals surface area contributed by atoms with Gasteiger partial charge in [0.25, 0.3) is 0 Å². The average Bonchev–Trinajstić information content (AvgIpc) is 2.46. The summed E-state index contributed by atoms with van der Waals surface area (Å²) in [6.45, 7) is 4.83. The number of hydrogen-bond donors (Lipinski definition) is 4. The molecule has 0 aliphatic rings. The normalized spacial score (nSPS) is 11.7. The molecular formula is C15H21ClN4O3. The Morgan fingerprint density at radius 3 is 2.39 bits per heavy atom. The highest BCUT2D eigenvalue weighted by atomic mass is 35.5. The first-order chi connectivity index (χ1) is 10.7. The SMILES string of the molecule is CC(=O)Nc1ccc(NC(=O)CNC(=O)[C@@H](N)C(C)C)cc1Cl. The van der Waals surface area contributed by atoms with Crippen molar-refractivity contribution in [3.05, 3.63) is 23.2 Å². The van der Waals surface area contributed by atoms with Crippen molar-refractivity contribution in [3.63, 3.8) is 0 Å². The lowest BCUT2D eigenvalue weighted by Crippen LogP contribution is -2.46. The molecule has 1 atom stereocenters. The maximum Gasteiger partial charge on any atom is 0.243 e. The molecular weight excluding hydrogens is 320 g/mol. The molecule has 0 aliphatic heterocycles. The van der Waals surface area contributed by atoms with Crippen LogP contribution in [0.3, 0.4) is 0 Å². The van der Waals surface area contributed by atoms with Crippen molar-refractivity contribution in [2.24, 2.45) is 11.7 Å². The second-order valence-corrected chi connectivity index (χ2v) is 5.82. The Labute approximate surface area is 139 Å². The lowest BCUT2D eigenvalue weighted by molar-refractivity contribution is -0.125. The van der Waals surface area contributed by atoms with Crippen LogP contribution < -0.4 is 21.7 Å². The highest BCUT2D eigenvalue weighted by molar-refractivity contribution is 6.34. The van der Waals surface area contributed by atoms with Gasteiger partial charge in [-0.15, -0.1) is 0 Å². The molecule has 8 heteroatoms. The Morgan fingerprint density at radius 2 is 1.87 bits per heavy atom. The predicted octanol–water partition coefficient (Wildman–Crippen LogP) is 1.34. The molecule has 0 spiro atoms. The number of halogens is 1. The second-order valence-electron chi connectivity index (χ2n) is 5.41. The maximum absolute atomic E-state index is 11.8. The van der Waals surface area contributed by atoms with Crippen LogP contribution in [0.25, 0.3) is 0 Å². The summed E-state index contributed by atoms with van der Waals surface area (Å²) >= 11 is 6.01. The molecule has 7 nitrogen and oxygen atoms in total. The van der Waals surface area contributed by atoms with Crippen LogP contribution in [0.15, 0.2) is 18.2 Å². The number of nitrogens with one attached hydrogen (secondary N) is 3. The van der Waals surface area contributed by atoms with Crippen molar-refractivity contribution in [3.8, 4) is 0 Å². The van der Waals surface area contributed by atoms with Crippen molar-refractivity contribution in [2.45, 2.75) is 26.8 Å². The van der Waals surface area contributed by atoms with Crippen LogP contribution in [-0.4, -0.2) is 30.3 Å². The quantitative estimate of drug-likeness (QED) is 0.625. The standard InChI is InChI=1S/C15H21ClN4O3/c1-8(2)14(17)15(23)18-7-13(22)20-10-4-5-12(11(16)6-10)19-9(3)21/h4-6,8,14H,7,17H2,1-3H3,(H,18,23)(H,19,21)(H,20,22)/t14-/m0/s1. The molecule has 0 saturated carbocycles. The van der Waals surface area contributed by atoms with Gasteiger partial charge in [-0.1, -0.05) is 25.4 Å². The lowest BCUT2D eigenvalue weighted by Gasteiger charge is -2.15. The number of anilines is 2. The van der Waals surface area contributed by atoms with Gasteiger partial charge in [0.2, 0.25) is 17.7 Å². The Kier molecular flexibility index (Phi) is 6.99. The zero-order chi connectivity index (χ0) is 17.6. The number of carbonyl (C=O) groups is 3. The zero-order valence-electron chi connectivity index (χ0n) is 13.3. The van der Waals surface area contributed by atoms with Gasteiger partial charge >= 0.3 is 0 Å². The van der Waals surface area contributed by atoms with Crippen LogP contribution in [0.1, 0.15) is 20.8 Å². The summed E-state index contributed by atoms with van der Waals surface area (Å²) < 4.78 is 0. The number of hydrogen-bond acceptors (Lipinski definition) is 4. The zero-order valence-corrected chi connectivity index (χ0v) is 14.0. The monoisotopic (exact) mass is 340 g/mol. The predicted molar refractivity (Wildman–Crippen MR) is 90.2 cm³/mol. The fourth-order valence-corrected chi connectivity index (χ4v) is 1.90. The molecule has 0 heterocycles. The van der Waals surface area contributed by atoms with Crippen LogP contribution in [0, 0.1) is 5.92 Å². The van der Waals surface area contributed by atoms with Crippen LogP contribution in [0.2, 0.25) is 5.02 Å². The van der Waals surface area contributed by atoms with Crippen LogP contribution in [-0.2, 0) is 14.4 Å².